The lowest BCUT2D eigenvalue weighted by Crippen LogP contribution is -1.94. The first-order chi connectivity index (χ1) is 9.06. The summed E-state index contributed by atoms with van der Waals surface area (Å²) in [6.07, 6.45) is 1.93. The van der Waals surface area contributed by atoms with Crippen molar-refractivity contribution in [3.63, 3.8) is 0 Å². The van der Waals surface area contributed by atoms with Crippen LogP contribution in [0.4, 0.5) is 5.69 Å². The van der Waals surface area contributed by atoms with Crippen LogP contribution >= 0.6 is 0 Å². The third-order valence-corrected chi connectivity index (χ3v) is 3.47. The minimum absolute atomic E-state index is 0.746. The molecule has 1 aromatic carbocycles. The minimum Gasteiger partial charge on any atom is -0.398 e. The molecule has 2 N–H and O–H groups in total. The molecule has 19 heavy (non-hydrogen) atoms. The van der Waals surface area contributed by atoms with Crippen molar-refractivity contribution in [2.45, 2.75) is 20.8 Å². The van der Waals surface area contributed by atoms with Crippen LogP contribution in [0.1, 0.15) is 16.8 Å². The number of hydrogen-bond donors (Lipinski definition) is 1. The highest BCUT2D eigenvalue weighted by Crippen LogP contribution is 2.26. The van der Waals surface area contributed by atoms with E-state index in [1.807, 2.05) is 25.3 Å². The molecule has 0 fully saturated rings. The van der Waals surface area contributed by atoms with Gasteiger partial charge in [0.2, 0.25) is 0 Å². The first-order valence-electron chi connectivity index (χ1n) is 6.38. The molecule has 0 aliphatic carbocycles. The van der Waals surface area contributed by atoms with Crippen LogP contribution in [0, 0.1) is 20.8 Å². The normalized spacial score (nSPS) is 11.1. The van der Waals surface area contributed by atoms with Crippen molar-refractivity contribution >= 4 is 11.2 Å². The van der Waals surface area contributed by atoms with Crippen LogP contribution in [-0.4, -0.2) is 9.38 Å². The number of hydrogen-bond acceptors (Lipinski definition) is 2. The van der Waals surface area contributed by atoms with E-state index in [2.05, 4.69) is 36.4 Å². The first-order valence-corrected chi connectivity index (χ1v) is 6.38. The van der Waals surface area contributed by atoms with Gasteiger partial charge in [-0.15, -0.1) is 0 Å². The van der Waals surface area contributed by atoms with Crippen molar-refractivity contribution < 1.29 is 0 Å². The van der Waals surface area contributed by atoms with Crippen LogP contribution in [0.2, 0.25) is 0 Å². The smallest absolute Gasteiger partial charge is 0.145 e. The molecule has 96 valence electrons. The number of anilines is 1. The van der Waals surface area contributed by atoms with Crippen molar-refractivity contribution in [1.82, 2.24) is 9.38 Å². The van der Waals surface area contributed by atoms with Crippen LogP contribution in [0.25, 0.3) is 16.9 Å². The number of aromatic nitrogens is 2. The summed E-state index contributed by atoms with van der Waals surface area (Å²) in [6.45, 7) is 6.24. The third-order valence-electron chi connectivity index (χ3n) is 3.47. The summed E-state index contributed by atoms with van der Waals surface area (Å²) < 4.78 is 2.07. The Bertz CT molecular complexity index is 769. The predicted octanol–water partition coefficient (Wildman–Crippen LogP) is 3.51. The zero-order chi connectivity index (χ0) is 13.6. The molecule has 0 unspecified atom stereocenters. The van der Waals surface area contributed by atoms with Crippen LogP contribution in [0.5, 0.6) is 0 Å². The number of aryl methyl sites for hydroxylation is 3. The van der Waals surface area contributed by atoms with Gasteiger partial charge in [0.25, 0.3) is 0 Å². The summed E-state index contributed by atoms with van der Waals surface area (Å²) in [5.74, 6) is 0.956. The number of nitrogens with zero attached hydrogens (tertiary/aromatic N) is 2. The fourth-order valence-electron chi connectivity index (χ4n) is 2.51. The SMILES string of the molecule is Cc1ccc(-c2nc(C)c3ccc(N)cn23)c(C)c1. The molecule has 0 aliphatic rings. The number of rotatable bonds is 1. The van der Waals surface area contributed by atoms with E-state index in [1.54, 1.807) is 0 Å². The van der Waals surface area contributed by atoms with E-state index < -0.39 is 0 Å². The standard InChI is InChI=1S/C16H17N3/c1-10-4-6-14(11(2)8-10)16-18-12(3)15-7-5-13(17)9-19(15)16/h4-9H,17H2,1-3H3. The fourth-order valence-corrected chi connectivity index (χ4v) is 2.51. The third kappa shape index (κ3) is 1.87. The molecule has 0 atom stereocenters. The molecule has 0 amide bonds. The second-order valence-electron chi connectivity index (χ2n) is 5.06. The molecule has 0 radical (unpaired) electrons. The Kier molecular flexibility index (Phi) is 2.56. The van der Waals surface area contributed by atoms with Gasteiger partial charge in [0.15, 0.2) is 0 Å². The molecule has 0 aliphatic heterocycles. The number of benzene rings is 1. The molecule has 2 heterocycles. The zero-order valence-corrected chi connectivity index (χ0v) is 11.4. The Morgan fingerprint density at radius 1 is 1.05 bits per heavy atom. The van der Waals surface area contributed by atoms with Gasteiger partial charge in [-0.2, -0.15) is 0 Å². The second kappa shape index (κ2) is 4.12. The molecule has 0 saturated heterocycles. The van der Waals surface area contributed by atoms with Gasteiger partial charge in [0, 0.05) is 17.4 Å². The summed E-state index contributed by atoms with van der Waals surface area (Å²) in [7, 11) is 0. The maximum Gasteiger partial charge on any atom is 0.145 e. The molecule has 3 heteroatoms. The van der Waals surface area contributed by atoms with Gasteiger partial charge in [-0.3, -0.25) is 4.40 Å². The lowest BCUT2D eigenvalue weighted by molar-refractivity contribution is 1.15. The van der Waals surface area contributed by atoms with Gasteiger partial charge >= 0.3 is 0 Å². The largest absolute Gasteiger partial charge is 0.398 e. The molecule has 0 saturated carbocycles. The number of imidazole rings is 1. The van der Waals surface area contributed by atoms with Crippen molar-refractivity contribution in [2.24, 2.45) is 0 Å². The lowest BCUT2D eigenvalue weighted by Gasteiger charge is -2.06. The molecule has 3 rings (SSSR count). The molecule has 3 aromatic rings. The van der Waals surface area contributed by atoms with Gasteiger partial charge < -0.3 is 5.73 Å². The highest BCUT2D eigenvalue weighted by molar-refractivity contribution is 5.69. The van der Waals surface area contributed by atoms with Crippen molar-refractivity contribution in [3.8, 4) is 11.4 Å². The van der Waals surface area contributed by atoms with E-state index in [1.165, 1.54) is 11.1 Å². The summed E-state index contributed by atoms with van der Waals surface area (Å²) in [6, 6.07) is 10.4. The van der Waals surface area contributed by atoms with Crippen LogP contribution < -0.4 is 5.73 Å². The number of nitrogens with two attached hydrogens (primary N) is 1. The molecule has 0 spiro atoms. The lowest BCUT2D eigenvalue weighted by atomic mass is 10.1. The summed E-state index contributed by atoms with van der Waals surface area (Å²) in [5, 5.41) is 0. The van der Waals surface area contributed by atoms with Crippen LogP contribution in [0.3, 0.4) is 0 Å². The highest BCUT2D eigenvalue weighted by Gasteiger charge is 2.12. The average molecular weight is 251 g/mol. The molecule has 3 nitrogen and oxygen atoms in total. The Morgan fingerprint density at radius 3 is 2.58 bits per heavy atom. The molecule has 0 bridgehead atoms. The summed E-state index contributed by atoms with van der Waals surface area (Å²) >= 11 is 0. The topological polar surface area (TPSA) is 43.3 Å². The van der Waals surface area contributed by atoms with E-state index in [9.17, 15) is 0 Å². The van der Waals surface area contributed by atoms with Crippen LogP contribution in [0.15, 0.2) is 36.5 Å². The number of nitrogen functional groups attached to an aromatic ring is 1. The Hall–Kier alpha value is -2.29. The maximum absolute atomic E-state index is 5.89. The zero-order valence-electron chi connectivity index (χ0n) is 11.4. The highest BCUT2D eigenvalue weighted by atomic mass is 15.0. The van der Waals surface area contributed by atoms with Gasteiger partial charge in [-0.25, -0.2) is 4.98 Å². The van der Waals surface area contributed by atoms with E-state index in [0.29, 0.717) is 0 Å². The Balaban J connectivity index is 2.33. The van der Waals surface area contributed by atoms with E-state index in [-0.39, 0.29) is 0 Å². The predicted molar refractivity (Wildman–Crippen MR) is 79.3 cm³/mol. The number of pyridine rings is 1. The Morgan fingerprint density at radius 2 is 1.84 bits per heavy atom. The van der Waals surface area contributed by atoms with Crippen LogP contribution in [-0.2, 0) is 0 Å². The van der Waals surface area contributed by atoms with Gasteiger partial charge in [-0.05, 0) is 38.5 Å². The van der Waals surface area contributed by atoms with Gasteiger partial charge in [0.05, 0.1) is 11.2 Å². The average Bonchev–Trinajstić information content (AvgIpc) is 2.66. The monoisotopic (exact) mass is 251 g/mol. The second-order valence-corrected chi connectivity index (χ2v) is 5.06. The van der Waals surface area contributed by atoms with Crippen molar-refractivity contribution in [2.75, 3.05) is 5.73 Å². The van der Waals surface area contributed by atoms with Gasteiger partial charge in [-0.1, -0.05) is 23.8 Å². The van der Waals surface area contributed by atoms with E-state index >= 15 is 0 Å². The van der Waals surface area contributed by atoms with Crippen molar-refractivity contribution in [3.05, 3.63) is 53.3 Å². The number of fused-ring (bicyclic) bond motifs is 1. The van der Waals surface area contributed by atoms with E-state index in [4.69, 9.17) is 10.7 Å². The minimum atomic E-state index is 0.746. The van der Waals surface area contributed by atoms with Crippen molar-refractivity contribution in [1.29, 1.82) is 0 Å². The molecule has 2 aromatic heterocycles. The fraction of sp³-hybridized carbons (Fsp3) is 0.188. The quantitative estimate of drug-likeness (QED) is 0.719. The van der Waals surface area contributed by atoms with E-state index in [0.717, 1.165) is 28.3 Å². The Labute approximate surface area is 112 Å². The maximum atomic E-state index is 5.89. The molecular formula is C16H17N3. The summed E-state index contributed by atoms with van der Waals surface area (Å²) in [4.78, 5) is 4.70. The summed E-state index contributed by atoms with van der Waals surface area (Å²) in [5.41, 5.74) is 12.4. The van der Waals surface area contributed by atoms with Gasteiger partial charge in [0.1, 0.15) is 5.82 Å². The first kappa shape index (κ1) is 11.8. The molecular weight excluding hydrogens is 234 g/mol.